The summed E-state index contributed by atoms with van der Waals surface area (Å²) in [4.78, 5) is 4.83. The maximum atomic E-state index is 9.23. The number of hydrogen-bond donors (Lipinski definition) is 0. The van der Waals surface area contributed by atoms with Gasteiger partial charge in [0.25, 0.3) is 5.69 Å². The van der Waals surface area contributed by atoms with Crippen LogP contribution in [-0.4, -0.2) is 15.6 Å². The molecule has 0 atom stereocenters. The van der Waals surface area contributed by atoms with Crippen LogP contribution in [0.25, 0.3) is 49.9 Å². The Labute approximate surface area is 419 Å². The van der Waals surface area contributed by atoms with Gasteiger partial charge in [-0.25, -0.2) is 4.98 Å². The average Bonchev–Trinajstić information content (AvgIpc) is 3.88. The first kappa shape index (κ1) is 37.4. The predicted octanol–water partition coefficient (Wildman–Crippen LogP) is 16.0. The SMILES string of the molecule is [2H]c1cc([2H])c(-c2cccc(-c3cc(C(C)(C)C)cc(C(C)(C)C)c3)c2[N+]2=C=[N+](c3[c-]c(Oc4[c-]c5c(cc4)c4ccccc4n5-c4cc(C(C)(C)C)ccn4)ccc3)c3cccc(C([2H])([2H])[2H])c32)c([2H])c1[2H].[Pt+2]. The van der Waals surface area contributed by atoms with Crippen molar-refractivity contribution in [3.8, 4) is 39.6 Å². The molecule has 0 bridgehead atoms. The predicted molar refractivity (Wildman–Crippen MR) is 275 cm³/mol. The van der Waals surface area contributed by atoms with Gasteiger partial charge in [0.15, 0.2) is 0 Å². The van der Waals surface area contributed by atoms with Gasteiger partial charge in [-0.1, -0.05) is 169 Å². The molecule has 3 heterocycles. The van der Waals surface area contributed by atoms with E-state index in [0.717, 1.165) is 49.9 Å². The third-order valence-electron chi connectivity index (χ3n) is 12.3. The third kappa shape index (κ3) is 8.52. The number of aromatic nitrogens is 2. The molecular weight excluding hydrogens is 1000 g/mol. The first-order valence-electron chi connectivity index (χ1n) is 25.9. The zero-order valence-corrected chi connectivity index (χ0v) is 41.5. The molecule has 5 nitrogen and oxygen atoms in total. The summed E-state index contributed by atoms with van der Waals surface area (Å²) in [6.07, 6.45) is 1.85. The van der Waals surface area contributed by atoms with Crippen LogP contribution in [0.5, 0.6) is 11.5 Å². The van der Waals surface area contributed by atoms with E-state index in [1.807, 2.05) is 66.9 Å². The van der Waals surface area contributed by atoms with Crippen LogP contribution < -0.4 is 13.9 Å². The average molecular weight is 1060 g/mol. The largest absolute Gasteiger partial charge is 2.00 e. The normalized spacial score (nSPS) is 14.4. The number of pyridine rings is 1. The van der Waals surface area contributed by atoms with Crippen LogP contribution in [0.1, 0.15) is 94.2 Å². The summed E-state index contributed by atoms with van der Waals surface area (Å²) in [5, 5.41) is 2.06. The van der Waals surface area contributed by atoms with Gasteiger partial charge in [0.2, 0.25) is 5.69 Å². The number of hydrogen-bond acceptors (Lipinski definition) is 2. The van der Waals surface area contributed by atoms with Crippen LogP contribution in [0, 0.1) is 19.0 Å². The molecule has 6 heteroatoms. The van der Waals surface area contributed by atoms with Crippen molar-refractivity contribution in [2.45, 2.75) is 85.4 Å². The first-order valence-corrected chi connectivity index (χ1v) is 22.4. The van der Waals surface area contributed by atoms with Gasteiger partial charge in [0.05, 0.1) is 16.6 Å². The standard InChI is InChI=1S/C61H56N4O.Pt/c1-40-19-16-28-54-57(40)64(58-49(41-20-12-11-13-21-41)25-18-26-50(58)42-33-44(60(5,6)7)35-45(34-42)61(8,9)10)39-63(54)46-22-17-23-47(37-46)66-48-29-30-52-51-24-14-15-27-53(51)65(55(52)38-48)56-36-43(31-32-62-56)59(2,3)4;/h11-36H,1-10H3;/q;+2/i1D3,11D,12D,20D,21D;. The van der Waals surface area contributed by atoms with Crippen molar-refractivity contribution in [1.82, 2.24) is 18.7 Å². The fourth-order valence-corrected chi connectivity index (χ4v) is 8.71. The number of benzene rings is 7. The van der Waals surface area contributed by atoms with Gasteiger partial charge in [-0.15, -0.1) is 23.6 Å². The molecule has 1 aliphatic rings. The van der Waals surface area contributed by atoms with E-state index in [2.05, 4.69) is 121 Å². The van der Waals surface area contributed by atoms with Crippen molar-refractivity contribution < 1.29 is 35.4 Å². The molecule has 10 rings (SSSR count). The summed E-state index contributed by atoms with van der Waals surface area (Å²) in [6, 6.07) is 50.0. The Kier molecular flexibility index (Phi) is 9.62. The number of para-hydroxylation sites is 3. The van der Waals surface area contributed by atoms with Crippen LogP contribution >= 0.6 is 0 Å². The minimum atomic E-state index is -2.58. The summed E-state index contributed by atoms with van der Waals surface area (Å²) in [6.45, 7) is 17.0. The monoisotopic (exact) mass is 1060 g/mol. The molecule has 0 saturated heterocycles. The van der Waals surface area contributed by atoms with E-state index < -0.39 is 6.85 Å². The summed E-state index contributed by atoms with van der Waals surface area (Å²) in [7, 11) is 0. The molecule has 0 fully saturated rings. The van der Waals surface area contributed by atoms with Crippen molar-refractivity contribution in [2.75, 3.05) is 0 Å². The minimum absolute atomic E-state index is 0. The molecule has 67 heavy (non-hydrogen) atoms. The Bertz CT molecular complexity index is 3780. The molecular formula is C61H56N4OPt+2. The molecule has 7 aromatic carbocycles. The third-order valence-corrected chi connectivity index (χ3v) is 12.3. The fraction of sp³-hybridized carbons (Fsp3) is 0.213. The second-order valence-corrected chi connectivity index (χ2v) is 20.1. The number of fused-ring (bicyclic) bond motifs is 4. The van der Waals surface area contributed by atoms with Crippen molar-refractivity contribution in [1.29, 1.82) is 0 Å². The minimum Gasteiger partial charge on any atom is -0.509 e. The number of rotatable bonds is 7. The van der Waals surface area contributed by atoms with Crippen molar-refractivity contribution in [3.63, 3.8) is 0 Å². The second-order valence-electron chi connectivity index (χ2n) is 20.1. The zero-order valence-electron chi connectivity index (χ0n) is 46.2. The molecule has 0 aliphatic carbocycles. The number of ether oxygens (including phenoxy) is 1. The molecule has 1 aliphatic heterocycles. The van der Waals surface area contributed by atoms with E-state index >= 15 is 0 Å². The van der Waals surface area contributed by atoms with Crippen LogP contribution in [-0.2, 0) is 37.3 Å². The summed E-state index contributed by atoms with van der Waals surface area (Å²) >= 11 is 0. The van der Waals surface area contributed by atoms with Crippen molar-refractivity contribution >= 4 is 50.6 Å². The van der Waals surface area contributed by atoms with E-state index in [1.54, 1.807) is 33.4 Å². The summed E-state index contributed by atoms with van der Waals surface area (Å²) in [5.41, 5.74) is 8.49. The van der Waals surface area contributed by atoms with Gasteiger partial charge in [-0.2, -0.15) is 12.1 Å². The molecule has 0 spiro atoms. The Morgan fingerprint density at radius 1 is 0.612 bits per heavy atom. The summed E-state index contributed by atoms with van der Waals surface area (Å²) in [5.74, 6) is 1.60. The van der Waals surface area contributed by atoms with Crippen LogP contribution in [0.4, 0.5) is 22.7 Å². The molecule has 0 N–H and O–H groups in total. The molecule has 0 radical (unpaired) electrons. The van der Waals surface area contributed by atoms with E-state index in [4.69, 9.17) is 16.6 Å². The van der Waals surface area contributed by atoms with E-state index in [0.29, 0.717) is 45.4 Å². The van der Waals surface area contributed by atoms with E-state index in [-0.39, 0.29) is 72.6 Å². The second kappa shape index (κ2) is 17.2. The van der Waals surface area contributed by atoms with Gasteiger partial charge in [0, 0.05) is 39.0 Å². The molecule has 0 saturated carbocycles. The molecule has 2 aromatic heterocycles. The fourth-order valence-electron chi connectivity index (χ4n) is 8.71. The molecule has 9 aromatic rings. The van der Waals surface area contributed by atoms with Gasteiger partial charge >= 0.3 is 32.8 Å². The van der Waals surface area contributed by atoms with Gasteiger partial charge in [0.1, 0.15) is 11.5 Å². The van der Waals surface area contributed by atoms with Gasteiger partial charge in [-0.05, 0) is 91.2 Å². The zero-order chi connectivity index (χ0) is 52.1. The quantitative estimate of drug-likeness (QED) is 0.118. The Hall–Kier alpha value is -6.64. The maximum Gasteiger partial charge on any atom is 2.00 e. The summed E-state index contributed by atoms with van der Waals surface area (Å²) < 4.78 is 74.5. The van der Waals surface area contributed by atoms with Crippen LogP contribution in [0.2, 0.25) is 0 Å². The topological polar surface area (TPSA) is 33.1 Å². The van der Waals surface area contributed by atoms with Crippen LogP contribution in [0.3, 0.4) is 0 Å². The van der Waals surface area contributed by atoms with Crippen molar-refractivity contribution in [3.05, 3.63) is 192 Å². The number of nitrogens with zero attached hydrogens (tertiary/aromatic N) is 4. The van der Waals surface area contributed by atoms with E-state index in [9.17, 15) is 2.74 Å². The molecule has 0 amide bonds. The van der Waals surface area contributed by atoms with Crippen LogP contribution in [0.15, 0.2) is 158 Å². The molecule has 334 valence electrons. The first-order chi connectivity index (χ1) is 34.4. The van der Waals surface area contributed by atoms with E-state index in [1.165, 1.54) is 6.07 Å². The molecule has 0 unspecified atom stereocenters. The number of aryl methyl sites for hydroxylation is 1. The van der Waals surface area contributed by atoms with Gasteiger partial charge in [-0.3, -0.25) is 0 Å². The Morgan fingerprint density at radius 3 is 2.06 bits per heavy atom. The van der Waals surface area contributed by atoms with Gasteiger partial charge < -0.3 is 9.30 Å². The Morgan fingerprint density at radius 2 is 1.31 bits per heavy atom. The smallest absolute Gasteiger partial charge is 0.509 e. The van der Waals surface area contributed by atoms with Crippen molar-refractivity contribution in [2.24, 2.45) is 0 Å². The Balaban J connectivity index is 0.00000672. The maximum absolute atomic E-state index is 9.23.